The molecule has 22 heavy (non-hydrogen) atoms. The van der Waals surface area contributed by atoms with Crippen molar-refractivity contribution in [1.29, 1.82) is 0 Å². The zero-order valence-corrected chi connectivity index (χ0v) is 12.2. The fourth-order valence-electron chi connectivity index (χ4n) is 2.07. The SMILES string of the molecule is Nc1ccc(S(=O)(=O)NC2O[C@H](CO)[C@@H](O)[C@H](O)[C@H]2O)cc1. The maximum atomic E-state index is 12.2. The third-order valence-electron chi connectivity index (χ3n) is 3.35. The van der Waals surface area contributed by atoms with Crippen LogP contribution in [0, 0.1) is 0 Å². The minimum atomic E-state index is -4.05. The number of rotatable bonds is 4. The van der Waals surface area contributed by atoms with Crippen LogP contribution in [0.25, 0.3) is 0 Å². The van der Waals surface area contributed by atoms with Crippen LogP contribution in [0.5, 0.6) is 0 Å². The molecule has 0 radical (unpaired) electrons. The van der Waals surface area contributed by atoms with Gasteiger partial charge in [0.2, 0.25) is 10.0 Å². The number of nitrogen functional groups attached to an aromatic ring is 1. The van der Waals surface area contributed by atoms with Gasteiger partial charge in [0, 0.05) is 5.69 Å². The normalized spacial score (nSPS) is 32.8. The van der Waals surface area contributed by atoms with Crippen molar-refractivity contribution in [3.63, 3.8) is 0 Å². The van der Waals surface area contributed by atoms with Crippen LogP contribution in [0.1, 0.15) is 0 Å². The molecule has 0 saturated carbocycles. The van der Waals surface area contributed by atoms with E-state index in [0.29, 0.717) is 5.69 Å². The summed E-state index contributed by atoms with van der Waals surface area (Å²) in [7, 11) is -4.05. The summed E-state index contributed by atoms with van der Waals surface area (Å²) >= 11 is 0. The quantitative estimate of drug-likeness (QED) is 0.325. The lowest BCUT2D eigenvalue weighted by atomic mass is 9.99. The summed E-state index contributed by atoms with van der Waals surface area (Å²) in [6.07, 6.45) is -7.63. The van der Waals surface area contributed by atoms with Crippen LogP contribution in [-0.4, -0.2) is 66.1 Å². The summed E-state index contributed by atoms with van der Waals surface area (Å²) in [5.41, 5.74) is 5.86. The Morgan fingerprint density at radius 1 is 1.09 bits per heavy atom. The first-order chi connectivity index (χ1) is 10.3. The molecule has 1 aromatic rings. The van der Waals surface area contributed by atoms with E-state index < -0.39 is 47.3 Å². The molecule has 0 spiro atoms. The van der Waals surface area contributed by atoms with Gasteiger partial charge in [0.15, 0.2) is 6.23 Å². The van der Waals surface area contributed by atoms with E-state index >= 15 is 0 Å². The first-order valence-electron chi connectivity index (χ1n) is 6.44. The Balaban J connectivity index is 2.19. The molecule has 0 bridgehead atoms. The van der Waals surface area contributed by atoms with E-state index in [0.717, 1.165) is 0 Å². The van der Waals surface area contributed by atoms with E-state index in [4.69, 9.17) is 15.6 Å². The van der Waals surface area contributed by atoms with Crippen LogP contribution in [0.3, 0.4) is 0 Å². The highest BCUT2D eigenvalue weighted by Crippen LogP contribution is 2.21. The van der Waals surface area contributed by atoms with Crippen LogP contribution in [0.2, 0.25) is 0 Å². The summed E-state index contributed by atoms with van der Waals surface area (Å²) in [4.78, 5) is -0.112. The van der Waals surface area contributed by atoms with Crippen molar-refractivity contribution in [3.05, 3.63) is 24.3 Å². The molecule has 1 saturated heterocycles. The molecule has 9 nitrogen and oxygen atoms in total. The highest BCUT2D eigenvalue weighted by Gasteiger charge is 2.44. The van der Waals surface area contributed by atoms with Gasteiger partial charge in [-0.1, -0.05) is 0 Å². The molecular weight excluding hydrogens is 316 g/mol. The average Bonchev–Trinajstić information content (AvgIpc) is 2.48. The molecule has 1 aliphatic rings. The number of sulfonamides is 1. The molecule has 0 aliphatic carbocycles. The van der Waals surface area contributed by atoms with Crippen molar-refractivity contribution in [3.8, 4) is 0 Å². The molecule has 0 aromatic heterocycles. The first-order valence-corrected chi connectivity index (χ1v) is 7.93. The third kappa shape index (κ3) is 3.38. The lowest BCUT2D eigenvalue weighted by Crippen LogP contribution is -2.63. The zero-order valence-electron chi connectivity index (χ0n) is 11.4. The molecule has 2 rings (SSSR count). The van der Waals surface area contributed by atoms with E-state index in [-0.39, 0.29) is 4.90 Å². The number of aliphatic hydroxyl groups excluding tert-OH is 4. The molecule has 1 aliphatic heterocycles. The topological polar surface area (TPSA) is 162 Å². The molecule has 1 heterocycles. The van der Waals surface area contributed by atoms with Crippen LogP contribution in [0.4, 0.5) is 5.69 Å². The van der Waals surface area contributed by atoms with E-state index in [1.165, 1.54) is 24.3 Å². The van der Waals surface area contributed by atoms with Crippen molar-refractivity contribution >= 4 is 15.7 Å². The summed E-state index contributed by atoms with van der Waals surface area (Å²) in [6.45, 7) is -0.648. The largest absolute Gasteiger partial charge is 0.399 e. The number of benzene rings is 1. The number of nitrogens with two attached hydrogens (primary N) is 1. The fourth-order valence-corrected chi connectivity index (χ4v) is 3.20. The fraction of sp³-hybridized carbons (Fsp3) is 0.500. The van der Waals surface area contributed by atoms with Crippen LogP contribution in [0.15, 0.2) is 29.2 Å². The van der Waals surface area contributed by atoms with Crippen LogP contribution < -0.4 is 10.5 Å². The second kappa shape index (κ2) is 6.46. The van der Waals surface area contributed by atoms with Gasteiger partial charge in [0.25, 0.3) is 0 Å². The lowest BCUT2D eigenvalue weighted by molar-refractivity contribution is -0.231. The number of anilines is 1. The minimum absolute atomic E-state index is 0.112. The molecule has 0 amide bonds. The summed E-state index contributed by atoms with van der Waals surface area (Å²) < 4.78 is 31.5. The Hall–Kier alpha value is -1.27. The highest BCUT2D eigenvalue weighted by molar-refractivity contribution is 7.89. The van der Waals surface area contributed by atoms with E-state index in [9.17, 15) is 23.7 Å². The van der Waals surface area contributed by atoms with Gasteiger partial charge in [-0.15, -0.1) is 0 Å². The second-order valence-electron chi connectivity index (χ2n) is 4.94. The second-order valence-corrected chi connectivity index (χ2v) is 6.65. The maximum Gasteiger partial charge on any atom is 0.242 e. The zero-order chi connectivity index (χ0) is 16.5. The van der Waals surface area contributed by atoms with Gasteiger partial charge >= 0.3 is 0 Å². The minimum Gasteiger partial charge on any atom is -0.399 e. The van der Waals surface area contributed by atoms with Gasteiger partial charge < -0.3 is 30.9 Å². The van der Waals surface area contributed by atoms with Crippen molar-refractivity contribution in [1.82, 2.24) is 4.72 Å². The third-order valence-corrected chi connectivity index (χ3v) is 4.79. The van der Waals surface area contributed by atoms with Gasteiger partial charge in [0.1, 0.15) is 24.4 Å². The van der Waals surface area contributed by atoms with Gasteiger partial charge in [0.05, 0.1) is 11.5 Å². The molecule has 1 aromatic carbocycles. The monoisotopic (exact) mass is 334 g/mol. The van der Waals surface area contributed by atoms with Crippen molar-refractivity contribution in [2.75, 3.05) is 12.3 Å². The summed E-state index contributed by atoms with van der Waals surface area (Å²) in [5.74, 6) is 0. The predicted octanol–water partition coefficient (Wildman–Crippen LogP) is -2.65. The number of aliphatic hydroxyl groups is 4. The molecule has 124 valence electrons. The van der Waals surface area contributed by atoms with Crippen LogP contribution >= 0.6 is 0 Å². The van der Waals surface area contributed by atoms with E-state index in [1.807, 2.05) is 0 Å². The molecule has 5 atom stereocenters. The van der Waals surface area contributed by atoms with Gasteiger partial charge in [-0.2, -0.15) is 4.72 Å². The number of hydrogen-bond acceptors (Lipinski definition) is 8. The number of ether oxygens (including phenoxy) is 1. The Bertz CT molecular complexity index is 604. The van der Waals surface area contributed by atoms with Crippen molar-refractivity contribution in [2.24, 2.45) is 0 Å². The molecule has 10 heteroatoms. The van der Waals surface area contributed by atoms with E-state index in [1.54, 1.807) is 0 Å². The van der Waals surface area contributed by atoms with Crippen LogP contribution in [-0.2, 0) is 14.8 Å². The Morgan fingerprint density at radius 2 is 1.68 bits per heavy atom. The average molecular weight is 334 g/mol. The van der Waals surface area contributed by atoms with E-state index in [2.05, 4.69) is 4.72 Å². The molecule has 1 unspecified atom stereocenters. The maximum absolute atomic E-state index is 12.2. The summed E-state index contributed by atoms with van der Waals surface area (Å²) in [6, 6.07) is 5.31. The van der Waals surface area contributed by atoms with Gasteiger partial charge in [-0.05, 0) is 24.3 Å². The highest BCUT2D eigenvalue weighted by atomic mass is 32.2. The standard InChI is InChI=1S/C12H18N2O7S/c13-6-1-3-7(4-2-6)22(19,20)14-12-11(18)10(17)9(16)8(5-15)21-12/h1-4,8-12,14-18H,5,13H2/t8-,9-,10+,11-,12?/m1/s1. The van der Waals surface area contributed by atoms with Crippen molar-refractivity contribution < 1.29 is 33.6 Å². The molecular formula is C12H18N2O7S. The van der Waals surface area contributed by atoms with Gasteiger partial charge in [-0.3, -0.25) is 0 Å². The smallest absolute Gasteiger partial charge is 0.242 e. The Labute approximate surface area is 127 Å². The Kier molecular flexibility index (Phi) is 5.02. The Morgan fingerprint density at radius 3 is 2.23 bits per heavy atom. The molecule has 1 fully saturated rings. The molecule has 7 N–H and O–H groups in total. The van der Waals surface area contributed by atoms with Gasteiger partial charge in [-0.25, -0.2) is 8.42 Å². The number of nitrogens with one attached hydrogen (secondary N) is 1. The predicted molar refractivity (Wildman–Crippen MR) is 74.9 cm³/mol. The summed E-state index contributed by atoms with van der Waals surface area (Å²) in [5, 5.41) is 38.1. The first kappa shape index (κ1) is 17.1. The number of hydrogen-bond donors (Lipinski definition) is 6. The lowest BCUT2D eigenvalue weighted by Gasteiger charge is -2.39. The van der Waals surface area contributed by atoms with Crippen molar-refractivity contribution in [2.45, 2.75) is 35.5 Å².